The molecule has 0 aliphatic rings. The quantitative estimate of drug-likeness (QED) is 0.615. The summed E-state index contributed by atoms with van der Waals surface area (Å²) in [5.41, 5.74) is 5.49. The van der Waals surface area contributed by atoms with Crippen molar-refractivity contribution in [2.45, 2.75) is 6.92 Å². The Morgan fingerprint density at radius 2 is 1.80 bits per heavy atom. The summed E-state index contributed by atoms with van der Waals surface area (Å²) in [4.78, 5) is 20.1. The van der Waals surface area contributed by atoms with Gasteiger partial charge in [-0.2, -0.15) is 0 Å². The maximum atomic E-state index is 11.4. The van der Waals surface area contributed by atoms with E-state index in [-0.39, 0.29) is 5.69 Å². The molecule has 1 N–H and O–H groups in total. The molecule has 4 rings (SSSR count). The van der Waals surface area contributed by atoms with Gasteiger partial charge in [0.2, 0.25) is 0 Å². The highest BCUT2D eigenvalue weighted by molar-refractivity contribution is 5.87. The van der Waals surface area contributed by atoms with E-state index in [1.807, 2.05) is 61.5 Å². The summed E-state index contributed by atoms with van der Waals surface area (Å²) in [5, 5.41) is 9.33. The molecule has 0 saturated heterocycles. The van der Waals surface area contributed by atoms with Gasteiger partial charge in [-0.05, 0) is 42.3 Å². The lowest BCUT2D eigenvalue weighted by molar-refractivity contribution is 0.0689. The van der Waals surface area contributed by atoms with Gasteiger partial charge in [0, 0.05) is 17.5 Å². The second-order valence-electron chi connectivity index (χ2n) is 5.80. The van der Waals surface area contributed by atoms with Crippen molar-refractivity contribution in [3.8, 4) is 22.4 Å². The van der Waals surface area contributed by atoms with Crippen LogP contribution in [0.3, 0.4) is 0 Å². The smallest absolute Gasteiger partial charge is 0.354 e. The average Bonchev–Trinajstić information content (AvgIpc) is 3.05. The Balaban J connectivity index is 1.92. The van der Waals surface area contributed by atoms with Gasteiger partial charge >= 0.3 is 5.97 Å². The molecular formula is C20H15N3O2. The maximum Gasteiger partial charge on any atom is 0.354 e. The molecule has 0 aliphatic heterocycles. The Morgan fingerprint density at radius 1 is 1.00 bits per heavy atom. The number of rotatable bonds is 3. The SMILES string of the molecule is Cc1cccc(-c2ccccc2-c2ccc3ncc(C(=O)O)n3c2)n1. The molecule has 3 aromatic heterocycles. The fraction of sp³-hybridized carbons (Fsp3) is 0.0500. The van der Waals surface area contributed by atoms with Gasteiger partial charge < -0.3 is 5.11 Å². The Bertz CT molecular complexity index is 1100. The third kappa shape index (κ3) is 2.65. The van der Waals surface area contributed by atoms with Crippen LogP contribution in [0.15, 0.2) is 67.0 Å². The molecular weight excluding hydrogens is 314 g/mol. The number of hydrogen-bond donors (Lipinski definition) is 1. The molecule has 0 bridgehead atoms. The molecule has 0 unspecified atom stereocenters. The minimum absolute atomic E-state index is 0.142. The first-order chi connectivity index (χ1) is 12.1. The zero-order chi connectivity index (χ0) is 17.4. The van der Waals surface area contributed by atoms with Crippen molar-refractivity contribution < 1.29 is 9.90 Å². The normalized spacial score (nSPS) is 10.9. The predicted molar refractivity (Wildman–Crippen MR) is 95.6 cm³/mol. The lowest BCUT2D eigenvalue weighted by atomic mass is 9.98. The van der Waals surface area contributed by atoms with E-state index in [1.54, 1.807) is 10.6 Å². The number of hydrogen-bond acceptors (Lipinski definition) is 3. The van der Waals surface area contributed by atoms with Crippen molar-refractivity contribution in [2.24, 2.45) is 0 Å². The van der Waals surface area contributed by atoms with Crippen LogP contribution in [0, 0.1) is 6.92 Å². The number of nitrogens with zero attached hydrogens (tertiary/aromatic N) is 3. The van der Waals surface area contributed by atoms with Gasteiger partial charge in [0.15, 0.2) is 5.69 Å². The van der Waals surface area contributed by atoms with Gasteiger partial charge in [0.05, 0.1) is 11.9 Å². The van der Waals surface area contributed by atoms with Crippen LogP contribution in [0.2, 0.25) is 0 Å². The van der Waals surface area contributed by atoms with Crippen LogP contribution in [0.1, 0.15) is 16.2 Å². The molecule has 0 fully saturated rings. The molecule has 122 valence electrons. The summed E-state index contributed by atoms with van der Waals surface area (Å²) in [7, 11) is 0. The van der Waals surface area contributed by atoms with Gasteiger partial charge in [-0.3, -0.25) is 9.38 Å². The number of benzene rings is 1. The first-order valence-electron chi connectivity index (χ1n) is 7.87. The molecule has 5 nitrogen and oxygen atoms in total. The molecule has 3 heterocycles. The van der Waals surface area contributed by atoms with Gasteiger partial charge in [0.25, 0.3) is 0 Å². The van der Waals surface area contributed by atoms with E-state index in [2.05, 4.69) is 9.97 Å². The molecule has 0 spiro atoms. The van der Waals surface area contributed by atoms with E-state index in [9.17, 15) is 9.90 Å². The molecule has 0 amide bonds. The molecule has 0 radical (unpaired) electrons. The van der Waals surface area contributed by atoms with Gasteiger partial charge in [-0.1, -0.05) is 30.3 Å². The summed E-state index contributed by atoms with van der Waals surface area (Å²) in [5.74, 6) is -1.00. The van der Waals surface area contributed by atoms with Crippen molar-refractivity contribution in [3.05, 3.63) is 78.4 Å². The zero-order valence-corrected chi connectivity index (χ0v) is 13.5. The second-order valence-corrected chi connectivity index (χ2v) is 5.80. The fourth-order valence-corrected chi connectivity index (χ4v) is 2.95. The number of aryl methyl sites for hydroxylation is 1. The van der Waals surface area contributed by atoms with Crippen molar-refractivity contribution in [3.63, 3.8) is 0 Å². The van der Waals surface area contributed by atoms with E-state index >= 15 is 0 Å². The van der Waals surface area contributed by atoms with E-state index in [0.29, 0.717) is 5.65 Å². The summed E-state index contributed by atoms with van der Waals surface area (Å²) < 4.78 is 1.60. The number of aromatic carboxylic acids is 1. The van der Waals surface area contributed by atoms with Crippen LogP contribution in [-0.2, 0) is 0 Å². The highest BCUT2D eigenvalue weighted by Gasteiger charge is 2.13. The van der Waals surface area contributed by atoms with Crippen LogP contribution < -0.4 is 0 Å². The van der Waals surface area contributed by atoms with Crippen LogP contribution >= 0.6 is 0 Å². The van der Waals surface area contributed by atoms with Crippen molar-refractivity contribution in [1.29, 1.82) is 0 Å². The summed E-state index contributed by atoms with van der Waals surface area (Å²) in [6.07, 6.45) is 3.18. The number of aromatic nitrogens is 3. The third-order valence-corrected chi connectivity index (χ3v) is 4.13. The number of carboxylic acid groups (broad SMARTS) is 1. The largest absolute Gasteiger partial charge is 0.477 e. The Labute approximate surface area is 144 Å². The fourth-order valence-electron chi connectivity index (χ4n) is 2.95. The highest BCUT2D eigenvalue weighted by Crippen LogP contribution is 2.31. The number of carbonyl (C=O) groups is 1. The number of fused-ring (bicyclic) bond motifs is 1. The first kappa shape index (κ1) is 15.1. The predicted octanol–water partition coefficient (Wildman–Crippen LogP) is 4.07. The van der Waals surface area contributed by atoms with E-state index < -0.39 is 5.97 Å². The summed E-state index contributed by atoms with van der Waals surface area (Å²) in [6.45, 7) is 1.96. The molecule has 5 heteroatoms. The van der Waals surface area contributed by atoms with Crippen molar-refractivity contribution in [2.75, 3.05) is 0 Å². The van der Waals surface area contributed by atoms with Gasteiger partial charge in [-0.15, -0.1) is 0 Å². The molecule has 0 atom stereocenters. The van der Waals surface area contributed by atoms with E-state index in [4.69, 9.17) is 0 Å². The average molecular weight is 329 g/mol. The summed E-state index contributed by atoms with van der Waals surface area (Å²) in [6, 6.07) is 17.7. The maximum absolute atomic E-state index is 11.4. The lowest BCUT2D eigenvalue weighted by Crippen LogP contribution is -2.01. The monoisotopic (exact) mass is 329 g/mol. The van der Waals surface area contributed by atoms with Crippen molar-refractivity contribution >= 4 is 11.6 Å². The number of imidazole rings is 1. The molecule has 25 heavy (non-hydrogen) atoms. The zero-order valence-electron chi connectivity index (χ0n) is 13.5. The molecule has 1 aromatic carbocycles. The van der Waals surface area contributed by atoms with Crippen molar-refractivity contribution in [1.82, 2.24) is 14.4 Å². The Morgan fingerprint density at radius 3 is 2.56 bits per heavy atom. The third-order valence-electron chi connectivity index (χ3n) is 4.13. The molecule has 0 saturated carbocycles. The van der Waals surface area contributed by atoms with Crippen LogP contribution in [0.5, 0.6) is 0 Å². The molecule has 0 aliphatic carbocycles. The second kappa shape index (κ2) is 5.87. The standard InChI is InChI=1S/C20H15N3O2/c1-13-5-4-8-17(22-13)16-7-3-2-6-15(16)14-9-10-19-21-11-18(20(24)25)23(19)12-14/h2-12H,1H3,(H,24,25). The Kier molecular flexibility index (Phi) is 3.54. The van der Waals surface area contributed by atoms with Crippen LogP contribution in [-0.4, -0.2) is 25.4 Å². The lowest BCUT2D eigenvalue weighted by Gasteiger charge is -2.11. The minimum atomic E-state index is -1.00. The van der Waals surface area contributed by atoms with Crippen LogP contribution in [0.25, 0.3) is 28.0 Å². The number of pyridine rings is 2. The van der Waals surface area contributed by atoms with E-state index in [1.165, 1.54) is 6.20 Å². The van der Waals surface area contributed by atoms with Crippen LogP contribution in [0.4, 0.5) is 0 Å². The Hall–Kier alpha value is -3.47. The summed E-state index contributed by atoms with van der Waals surface area (Å²) >= 11 is 0. The topological polar surface area (TPSA) is 67.5 Å². The van der Waals surface area contributed by atoms with Gasteiger partial charge in [-0.25, -0.2) is 9.78 Å². The molecule has 4 aromatic rings. The van der Waals surface area contributed by atoms with Gasteiger partial charge in [0.1, 0.15) is 5.65 Å². The number of carboxylic acids is 1. The van der Waals surface area contributed by atoms with E-state index in [0.717, 1.165) is 28.1 Å². The highest BCUT2D eigenvalue weighted by atomic mass is 16.4. The first-order valence-corrected chi connectivity index (χ1v) is 7.87. The minimum Gasteiger partial charge on any atom is -0.477 e.